The van der Waals surface area contributed by atoms with Gasteiger partial charge in [0.2, 0.25) is 0 Å². The summed E-state index contributed by atoms with van der Waals surface area (Å²) in [4.78, 5) is 4.99. The van der Waals surface area contributed by atoms with Crippen molar-refractivity contribution in [1.29, 1.82) is 0 Å². The van der Waals surface area contributed by atoms with Crippen molar-refractivity contribution in [2.24, 2.45) is 5.73 Å². The van der Waals surface area contributed by atoms with E-state index in [1.54, 1.807) is 12.1 Å². The lowest BCUT2D eigenvalue weighted by molar-refractivity contribution is 0.184. The number of hydrogen-bond donors (Lipinski definition) is 1. The Kier molecular flexibility index (Phi) is 5.24. The molecule has 0 bridgehead atoms. The van der Waals surface area contributed by atoms with Gasteiger partial charge in [0, 0.05) is 45.0 Å². The second-order valence-corrected chi connectivity index (χ2v) is 7.54. The zero-order valence-electron chi connectivity index (χ0n) is 12.8. The number of nitrogens with two attached hydrogens (primary N) is 1. The Morgan fingerprint density at radius 2 is 1.81 bits per heavy atom. The van der Waals surface area contributed by atoms with Crippen LogP contribution in [0.2, 0.25) is 0 Å². The molecule has 1 aliphatic heterocycles. The van der Waals surface area contributed by atoms with E-state index >= 15 is 0 Å². The third-order valence-electron chi connectivity index (χ3n) is 4.18. The second-order valence-electron chi connectivity index (χ2n) is 5.56. The summed E-state index contributed by atoms with van der Waals surface area (Å²) in [6.45, 7) is 6.35. The maximum atomic E-state index is 11.9. The predicted molar refractivity (Wildman–Crippen MR) is 86.5 cm³/mol. The van der Waals surface area contributed by atoms with Crippen molar-refractivity contribution < 1.29 is 8.42 Å². The molecule has 0 amide bonds. The molecule has 0 spiro atoms. The van der Waals surface area contributed by atoms with Gasteiger partial charge in [-0.15, -0.1) is 0 Å². The monoisotopic (exact) mass is 311 g/mol. The molecule has 0 aliphatic carbocycles. The smallest absolute Gasteiger partial charge is 0.177 e. The zero-order valence-corrected chi connectivity index (χ0v) is 13.6. The lowest BCUT2D eigenvalue weighted by Gasteiger charge is -2.40. The third-order valence-corrected chi connectivity index (χ3v) is 5.32. The van der Waals surface area contributed by atoms with Crippen LogP contribution in [0.25, 0.3) is 0 Å². The Bertz CT molecular complexity index is 562. The maximum Gasteiger partial charge on any atom is 0.177 e. The van der Waals surface area contributed by atoms with E-state index in [0.717, 1.165) is 38.3 Å². The number of sulfone groups is 1. The summed E-state index contributed by atoms with van der Waals surface area (Å²) in [7, 11) is -3.20. The molecule has 1 aromatic rings. The highest BCUT2D eigenvalue weighted by molar-refractivity contribution is 7.90. The number of nitrogens with zero attached hydrogens (tertiary/aromatic N) is 2. The Hall–Kier alpha value is -1.11. The van der Waals surface area contributed by atoms with Crippen LogP contribution in [0.5, 0.6) is 0 Å². The van der Waals surface area contributed by atoms with E-state index in [1.807, 2.05) is 12.1 Å². The molecular weight excluding hydrogens is 286 g/mol. The summed E-state index contributed by atoms with van der Waals surface area (Å²) in [5.41, 5.74) is 6.63. The minimum atomic E-state index is -3.20. The molecule has 1 saturated heterocycles. The standard InChI is InChI=1S/C15H25N3O2S/c1-3-13(12-16)17-8-10-18(11-9-17)14-6-4-5-7-15(14)21(2,19)20/h4-7,13H,3,8-12,16H2,1-2H3. The molecule has 1 heterocycles. The lowest BCUT2D eigenvalue weighted by Crippen LogP contribution is -2.52. The van der Waals surface area contributed by atoms with Gasteiger partial charge in [0.1, 0.15) is 0 Å². The third kappa shape index (κ3) is 3.75. The summed E-state index contributed by atoms with van der Waals surface area (Å²) < 4.78 is 23.8. The fourth-order valence-electron chi connectivity index (χ4n) is 2.93. The van der Waals surface area contributed by atoms with Crippen LogP contribution in [-0.2, 0) is 9.84 Å². The molecular formula is C15H25N3O2S. The summed E-state index contributed by atoms with van der Waals surface area (Å²) in [5.74, 6) is 0. The van der Waals surface area contributed by atoms with E-state index in [1.165, 1.54) is 6.26 Å². The fourth-order valence-corrected chi connectivity index (χ4v) is 3.84. The molecule has 0 aromatic heterocycles. The topological polar surface area (TPSA) is 66.6 Å². The second kappa shape index (κ2) is 6.77. The number of anilines is 1. The summed E-state index contributed by atoms with van der Waals surface area (Å²) >= 11 is 0. The largest absolute Gasteiger partial charge is 0.368 e. The highest BCUT2D eigenvalue weighted by Gasteiger charge is 2.24. The van der Waals surface area contributed by atoms with Crippen LogP contribution in [0.4, 0.5) is 5.69 Å². The highest BCUT2D eigenvalue weighted by atomic mass is 32.2. The molecule has 1 fully saturated rings. The van der Waals surface area contributed by atoms with Crippen LogP contribution >= 0.6 is 0 Å². The van der Waals surface area contributed by atoms with Gasteiger partial charge in [-0.25, -0.2) is 8.42 Å². The minimum Gasteiger partial charge on any atom is -0.368 e. The molecule has 1 atom stereocenters. The van der Waals surface area contributed by atoms with Gasteiger partial charge in [-0.2, -0.15) is 0 Å². The SMILES string of the molecule is CCC(CN)N1CCN(c2ccccc2S(C)(=O)=O)CC1. The van der Waals surface area contributed by atoms with Crippen molar-refractivity contribution in [2.75, 3.05) is 43.9 Å². The van der Waals surface area contributed by atoms with E-state index in [0.29, 0.717) is 17.5 Å². The van der Waals surface area contributed by atoms with E-state index in [4.69, 9.17) is 5.73 Å². The maximum absolute atomic E-state index is 11.9. The Balaban J connectivity index is 2.13. The van der Waals surface area contributed by atoms with Gasteiger partial charge in [-0.1, -0.05) is 19.1 Å². The zero-order chi connectivity index (χ0) is 15.5. The van der Waals surface area contributed by atoms with E-state index < -0.39 is 9.84 Å². The number of piperazine rings is 1. The van der Waals surface area contributed by atoms with Gasteiger partial charge in [0.25, 0.3) is 0 Å². The Morgan fingerprint density at radius 1 is 1.19 bits per heavy atom. The predicted octanol–water partition coefficient (Wildman–Crippen LogP) is 0.949. The van der Waals surface area contributed by atoms with E-state index in [2.05, 4.69) is 16.7 Å². The number of rotatable bonds is 5. The quantitative estimate of drug-likeness (QED) is 0.877. The molecule has 2 N–H and O–H groups in total. The molecule has 1 unspecified atom stereocenters. The number of benzene rings is 1. The highest BCUT2D eigenvalue weighted by Crippen LogP contribution is 2.26. The molecule has 1 aromatic carbocycles. The molecule has 0 radical (unpaired) electrons. The average molecular weight is 311 g/mol. The molecule has 2 rings (SSSR count). The fraction of sp³-hybridized carbons (Fsp3) is 0.600. The summed E-state index contributed by atoms with van der Waals surface area (Å²) in [6.07, 6.45) is 2.32. The normalized spacial score (nSPS) is 18.7. The average Bonchev–Trinajstić information content (AvgIpc) is 2.48. The molecule has 5 nitrogen and oxygen atoms in total. The lowest BCUT2D eigenvalue weighted by atomic mass is 10.1. The van der Waals surface area contributed by atoms with Crippen molar-refractivity contribution >= 4 is 15.5 Å². The van der Waals surface area contributed by atoms with Crippen molar-refractivity contribution in [3.05, 3.63) is 24.3 Å². The van der Waals surface area contributed by atoms with Gasteiger partial charge in [-0.3, -0.25) is 4.90 Å². The van der Waals surface area contributed by atoms with Crippen LogP contribution in [0.1, 0.15) is 13.3 Å². The van der Waals surface area contributed by atoms with Crippen LogP contribution in [0, 0.1) is 0 Å². The van der Waals surface area contributed by atoms with Crippen LogP contribution in [0.15, 0.2) is 29.2 Å². The van der Waals surface area contributed by atoms with Gasteiger partial charge < -0.3 is 10.6 Å². The van der Waals surface area contributed by atoms with Crippen LogP contribution < -0.4 is 10.6 Å². The Morgan fingerprint density at radius 3 is 2.33 bits per heavy atom. The van der Waals surface area contributed by atoms with Crippen molar-refractivity contribution in [3.8, 4) is 0 Å². The van der Waals surface area contributed by atoms with Crippen molar-refractivity contribution in [1.82, 2.24) is 4.90 Å². The van der Waals surface area contributed by atoms with Gasteiger partial charge in [-0.05, 0) is 18.6 Å². The first-order valence-electron chi connectivity index (χ1n) is 7.45. The summed E-state index contributed by atoms with van der Waals surface area (Å²) in [6, 6.07) is 7.68. The van der Waals surface area contributed by atoms with E-state index in [-0.39, 0.29) is 0 Å². The van der Waals surface area contributed by atoms with Crippen LogP contribution in [-0.4, -0.2) is 58.3 Å². The summed E-state index contributed by atoms with van der Waals surface area (Å²) in [5, 5.41) is 0. The molecule has 118 valence electrons. The van der Waals surface area contributed by atoms with Crippen molar-refractivity contribution in [3.63, 3.8) is 0 Å². The molecule has 1 aliphatic rings. The van der Waals surface area contributed by atoms with Gasteiger partial charge >= 0.3 is 0 Å². The molecule has 6 heteroatoms. The first kappa shape index (κ1) is 16.3. The minimum absolute atomic E-state index is 0.421. The Labute approximate surface area is 127 Å². The molecule has 21 heavy (non-hydrogen) atoms. The number of para-hydroxylation sites is 1. The van der Waals surface area contributed by atoms with Crippen LogP contribution in [0.3, 0.4) is 0 Å². The van der Waals surface area contributed by atoms with E-state index in [9.17, 15) is 8.42 Å². The first-order valence-corrected chi connectivity index (χ1v) is 9.34. The van der Waals surface area contributed by atoms with Gasteiger partial charge in [0.05, 0.1) is 10.6 Å². The van der Waals surface area contributed by atoms with Gasteiger partial charge in [0.15, 0.2) is 9.84 Å². The van der Waals surface area contributed by atoms with Crippen molar-refractivity contribution in [2.45, 2.75) is 24.3 Å². The number of hydrogen-bond acceptors (Lipinski definition) is 5. The molecule has 0 saturated carbocycles. The first-order chi connectivity index (χ1) is 9.97.